The quantitative estimate of drug-likeness (QED) is 0.369. The van der Waals surface area contributed by atoms with Crippen molar-refractivity contribution in [3.63, 3.8) is 0 Å². The van der Waals surface area contributed by atoms with Gasteiger partial charge >= 0.3 is 0 Å². The summed E-state index contributed by atoms with van der Waals surface area (Å²) in [5, 5.41) is 2.75. The van der Waals surface area contributed by atoms with Crippen molar-refractivity contribution in [2.75, 3.05) is 13.1 Å². The summed E-state index contributed by atoms with van der Waals surface area (Å²) in [6.07, 6.45) is 1.63. The maximum Gasteiger partial charge on any atom is 0.252 e. The van der Waals surface area contributed by atoms with E-state index in [4.69, 9.17) is 4.42 Å². The lowest BCUT2D eigenvalue weighted by Crippen LogP contribution is -2.34. The average molecular weight is 476 g/mol. The highest BCUT2D eigenvalue weighted by molar-refractivity contribution is 7.89. The molecule has 7 nitrogen and oxygen atoms in total. The number of amides is 1. The molecule has 1 amide bonds. The number of nitrogens with one attached hydrogen (secondary N) is 2. The average Bonchev–Trinajstić information content (AvgIpc) is 3.33. The number of carbonyl (C=O) groups is 1. The molecule has 0 saturated carbocycles. The molecule has 1 heterocycles. The number of sulfonamides is 1. The second-order valence-electron chi connectivity index (χ2n) is 7.91. The van der Waals surface area contributed by atoms with Gasteiger partial charge in [0.25, 0.3) is 5.91 Å². The Hall–Kier alpha value is -3.75. The number of hydrogen-bond donors (Lipinski definition) is 2. The Morgan fingerprint density at radius 1 is 0.882 bits per heavy atom. The summed E-state index contributed by atoms with van der Waals surface area (Å²) in [5.74, 6) is 0.595. The van der Waals surface area contributed by atoms with Crippen molar-refractivity contribution in [1.29, 1.82) is 0 Å². The van der Waals surface area contributed by atoms with Crippen LogP contribution in [0, 0.1) is 13.8 Å². The first-order chi connectivity index (χ1) is 16.3. The minimum atomic E-state index is -3.64. The second-order valence-corrected chi connectivity index (χ2v) is 9.67. The van der Waals surface area contributed by atoms with Gasteiger partial charge in [0.05, 0.1) is 16.7 Å². The monoisotopic (exact) mass is 475 g/mol. The zero-order chi connectivity index (χ0) is 24.1. The molecule has 3 aromatic carbocycles. The number of nitrogens with zero attached hydrogens (tertiary/aromatic N) is 1. The van der Waals surface area contributed by atoms with Crippen LogP contribution in [0.15, 0.2) is 88.3 Å². The van der Waals surface area contributed by atoms with Crippen LogP contribution in [-0.2, 0) is 10.0 Å². The third kappa shape index (κ3) is 5.41. The molecule has 8 heteroatoms. The van der Waals surface area contributed by atoms with Crippen molar-refractivity contribution in [3.8, 4) is 22.8 Å². The highest BCUT2D eigenvalue weighted by Gasteiger charge is 2.17. The first-order valence-corrected chi connectivity index (χ1v) is 12.3. The molecule has 4 aromatic rings. The number of carbonyl (C=O) groups excluding carboxylic acids is 1. The predicted octanol–water partition coefficient (Wildman–Crippen LogP) is 4.33. The number of aryl methyl sites for hydroxylation is 2. The number of rotatable bonds is 8. The summed E-state index contributed by atoms with van der Waals surface area (Å²) in [4.78, 5) is 17.4. The van der Waals surface area contributed by atoms with Crippen molar-refractivity contribution in [1.82, 2.24) is 15.0 Å². The van der Waals surface area contributed by atoms with Crippen molar-refractivity contribution in [3.05, 3.63) is 95.7 Å². The summed E-state index contributed by atoms with van der Waals surface area (Å²) in [6.45, 7) is 4.08. The van der Waals surface area contributed by atoms with Crippen LogP contribution >= 0.6 is 0 Å². The van der Waals surface area contributed by atoms with E-state index in [-0.39, 0.29) is 23.9 Å². The van der Waals surface area contributed by atoms with Crippen LogP contribution in [-0.4, -0.2) is 32.4 Å². The van der Waals surface area contributed by atoms with Gasteiger partial charge in [0.15, 0.2) is 5.76 Å². The number of aromatic nitrogens is 1. The van der Waals surface area contributed by atoms with Crippen molar-refractivity contribution in [2.45, 2.75) is 18.7 Å². The maximum atomic E-state index is 12.8. The van der Waals surface area contributed by atoms with Gasteiger partial charge in [0, 0.05) is 24.2 Å². The summed E-state index contributed by atoms with van der Waals surface area (Å²) < 4.78 is 33.2. The predicted molar refractivity (Wildman–Crippen MR) is 131 cm³/mol. The molecule has 0 aliphatic rings. The fourth-order valence-corrected chi connectivity index (χ4v) is 4.41. The molecule has 4 rings (SSSR count). The molecule has 0 aliphatic carbocycles. The van der Waals surface area contributed by atoms with Gasteiger partial charge < -0.3 is 9.73 Å². The molecule has 2 N–H and O–H groups in total. The Kier molecular flexibility index (Phi) is 6.90. The van der Waals surface area contributed by atoms with Crippen LogP contribution in [0.1, 0.15) is 21.5 Å². The largest absolute Gasteiger partial charge is 0.436 e. The van der Waals surface area contributed by atoms with E-state index in [9.17, 15) is 13.2 Å². The summed E-state index contributed by atoms with van der Waals surface area (Å²) in [7, 11) is -3.64. The summed E-state index contributed by atoms with van der Waals surface area (Å²) >= 11 is 0. The molecule has 0 fully saturated rings. The van der Waals surface area contributed by atoms with E-state index < -0.39 is 10.0 Å². The Bertz CT molecular complexity index is 1390. The van der Waals surface area contributed by atoms with E-state index in [0.717, 1.165) is 16.7 Å². The standard InChI is InChI=1S/C26H25N3O4S/c1-18-7-11-20(12-8-18)24-17-28-26(33-24)23-6-4-3-5-22(23)25(30)27-15-16-29-34(31,32)21-13-9-19(2)10-14-21/h3-14,17,29H,15-16H2,1-2H3,(H,27,30). The van der Waals surface area contributed by atoms with Crippen molar-refractivity contribution in [2.24, 2.45) is 0 Å². The Labute approximate surface area is 198 Å². The number of oxazole rings is 1. The van der Waals surface area contributed by atoms with Gasteiger partial charge in [-0.3, -0.25) is 4.79 Å². The summed E-state index contributed by atoms with van der Waals surface area (Å²) in [6, 6.07) is 21.5. The zero-order valence-corrected chi connectivity index (χ0v) is 19.7. The molecule has 0 unspecified atom stereocenters. The van der Waals surface area contributed by atoms with Gasteiger partial charge in [-0.1, -0.05) is 59.7 Å². The fraction of sp³-hybridized carbons (Fsp3) is 0.154. The van der Waals surface area contributed by atoms with Crippen LogP contribution in [0.3, 0.4) is 0 Å². The minimum Gasteiger partial charge on any atom is -0.436 e. The molecule has 0 atom stereocenters. The first-order valence-electron chi connectivity index (χ1n) is 10.8. The van der Waals surface area contributed by atoms with Crippen LogP contribution in [0.5, 0.6) is 0 Å². The Morgan fingerprint density at radius 2 is 1.53 bits per heavy atom. The second kappa shape index (κ2) is 10.0. The molecule has 0 saturated heterocycles. The van der Waals surface area contributed by atoms with E-state index in [1.54, 1.807) is 54.7 Å². The molecule has 0 radical (unpaired) electrons. The van der Waals surface area contributed by atoms with E-state index >= 15 is 0 Å². The van der Waals surface area contributed by atoms with Gasteiger partial charge in [-0.25, -0.2) is 18.1 Å². The van der Waals surface area contributed by atoms with E-state index in [0.29, 0.717) is 22.8 Å². The number of hydrogen-bond acceptors (Lipinski definition) is 5. The lowest BCUT2D eigenvalue weighted by Gasteiger charge is -2.10. The van der Waals surface area contributed by atoms with Gasteiger partial charge in [0.1, 0.15) is 0 Å². The molecule has 0 aliphatic heterocycles. The lowest BCUT2D eigenvalue weighted by atomic mass is 10.1. The SMILES string of the molecule is Cc1ccc(-c2cnc(-c3ccccc3C(=O)NCCNS(=O)(=O)c3ccc(C)cc3)o2)cc1. The molecular formula is C26H25N3O4S. The minimum absolute atomic E-state index is 0.0562. The van der Waals surface area contributed by atoms with Crippen LogP contribution in [0.2, 0.25) is 0 Å². The maximum absolute atomic E-state index is 12.8. The summed E-state index contributed by atoms with van der Waals surface area (Å²) in [5.41, 5.74) is 3.96. The normalized spacial score (nSPS) is 11.4. The molecule has 34 heavy (non-hydrogen) atoms. The lowest BCUT2D eigenvalue weighted by molar-refractivity contribution is 0.0954. The van der Waals surface area contributed by atoms with Crippen LogP contribution < -0.4 is 10.0 Å². The molecule has 1 aromatic heterocycles. The third-order valence-corrected chi connectivity index (χ3v) is 6.75. The van der Waals surface area contributed by atoms with Gasteiger partial charge in [-0.05, 0) is 38.1 Å². The van der Waals surface area contributed by atoms with Crippen LogP contribution in [0.4, 0.5) is 0 Å². The highest BCUT2D eigenvalue weighted by Crippen LogP contribution is 2.28. The van der Waals surface area contributed by atoms with Gasteiger partial charge in [-0.2, -0.15) is 0 Å². The fourth-order valence-electron chi connectivity index (χ4n) is 3.37. The van der Waals surface area contributed by atoms with E-state index in [1.807, 2.05) is 38.1 Å². The van der Waals surface area contributed by atoms with Gasteiger partial charge in [-0.15, -0.1) is 0 Å². The molecular weight excluding hydrogens is 450 g/mol. The first kappa shape index (κ1) is 23.4. The number of benzene rings is 3. The Morgan fingerprint density at radius 3 is 2.24 bits per heavy atom. The van der Waals surface area contributed by atoms with E-state index in [1.165, 1.54) is 0 Å². The van der Waals surface area contributed by atoms with E-state index in [2.05, 4.69) is 15.0 Å². The molecule has 0 spiro atoms. The third-order valence-electron chi connectivity index (χ3n) is 5.28. The van der Waals surface area contributed by atoms with Crippen molar-refractivity contribution < 1.29 is 17.6 Å². The van der Waals surface area contributed by atoms with Crippen LogP contribution in [0.25, 0.3) is 22.8 Å². The highest BCUT2D eigenvalue weighted by atomic mass is 32.2. The topological polar surface area (TPSA) is 101 Å². The molecule has 0 bridgehead atoms. The smallest absolute Gasteiger partial charge is 0.252 e. The molecule has 174 valence electrons. The van der Waals surface area contributed by atoms with Gasteiger partial charge in [0.2, 0.25) is 15.9 Å². The Balaban J connectivity index is 1.41. The van der Waals surface area contributed by atoms with Crippen molar-refractivity contribution >= 4 is 15.9 Å². The zero-order valence-electron chi connectivity index (χ0n) is 18.9.